The molecule has 0 heteroatoms. The lowest BCUT2D eigenvalue weighted by Gasteiger charge is -2.09. The Morgan fingerprint density at radius 2 is 0.882 bits per heavy atom. The molecule has 0 spiro atoms. The summed E-state index contributed by atoms with van der Waals surface area (Å²) in [5.74, 6) is 2.62. The molecule has 0 nitrogen and oxygen atoms in total. The van der Waals surface area contributed by atoms with Crippen molar-refractivity contribution in [3.05, 3.63) is 184 Å². The molecule has 5 aromatic rings. The zero-order valence-electron chi connectivity index (χ0n) is 18.7. The Bertz CT molecular complexity index is 1490. The van der Waals surface area contributed by atoms with E-state index in [0.717, 1.165) is 0 Å². The first-order chi connectivity index (χ1) is 16.9. The highest BCUT2D eigenvalue weighted by atomic mass is 14.3. The van der Waals surface area contributed by atoms with Crippen molar-refractivity contribution in [1.29, 1.82) is 0 Å². The number of fused-ring (bicyclic) bond motifs is 4. The molecule has 2 aliphatic carbocycles. The SMILES string of the molecule is C1=C(c2ccccc2)c2ccccc2[C+]1c1ccc([C+]2c3ccccc3-c3ccccc32)cc1. The number of allylic oxidation sites excluding steroid dienone is 1. The molecule has 2 aliphatic rings. The topological polar surface area (TPSA) is 0 Å². The van der Waals surface area contributed by atoms with Gasteiger partial charge in [-0.15, -0.1) is 0 Å². The van der Waals surface area contributed by atoms with Crippen LogP contribution in [-0.4, -0.2) is 0 Å². The van der Waals surface area contributed by atoms with Gasteiger partial charge < -0.3 is 0 Å². The third-order valence-electron chi connectivity index (χ3n) is 7.05. The molecule has 0 saturated heterocycles. The van der Waals surface area contributed by atoms with Gasteiger partial charge in [-0.05, 0) is 84.9 Å². The molecular formula is C34H22+2. The van der Waals surface area contributed by atoms with Crippen molar-refractivity contribution < 1.29 is 0 Å². The molecule has 0 heterocycles. The van der Waals surface area contributed by atoms with Gasteiger partial charge in [-0.1, -0.05) is 18.2 Å². The van der Waals surface area contributed by atoms with E-state index in [1.165, 1.54) is 67.5 Å². The highest BCUT2D eigenvalue weighted by Crippen LogP contribution is 2.48. The number of hydrogen-bond donors (Lipinski definition) is 0. The molecule has 0 bridgehead atoms. The predicted octanol–water partition coefficient (Wildman–Crippen LogP) is 8.10. The van der Waals surface area contributed by atoms with Gasteiger partial charge >= 0.3 is 0 Å². The lowest BCUT2D eigenvalue weighted by molar-refractivity contribution is 1.25. The van der Waals surface area contributed by atoms with Crippen LogP contribution in [0.4, 0.5) is 0 Å². The summed E-state index contributed by atoms with van der Waals surface area (Å²) in [6.45, 7) is 0. The van der Waals surface area contributed by atoms with Crippen molar-refractivity contribution in [1.82, 2.24) is 0 Å². The summed E-state index contributed by atoms with van der Waals surface area (Å²) in [7, 11) is 0. The van der Waals surface area contributed by atoms with E-state index < -0.39 is 0 Å². The molecule has 0 fully saturated rings. The highest BCUT2D eigenvalue weighted by Gasteiger charge is 2.37. The molecule has 0 amide bonds. The van der Waals surface area contributed by atoms with Crippen LogP contribution in [0.1, 0.15) is 38.9 Å². The fourth-order valence-corrected chi connectivity index (χ4v) is 5.49. The van der Waals surface area contributed by atoms with Crippen molar-refractivity contribution in [2.45, 2.75) is 0 Å². The Kier molecular flexibility index (Phi) is 4.25. The van der Waals surface area contributed by atoms with E-state index in [1.807, 2.05) is 0 Å². The fraction of sp³-hybridized carbons (Fsp3) is 0. The highest BCUT2D eigenvalue weighted by molar-refractivity contribution is 5.91. The molecule has 5 aromatic carbocycles. The largest absolute Gasteiger partial charge is 0.0789 e. The van der Waals surface area contributed by atoms with E-state index in [0.29, 0.717) is 0 Å². The van der Waals surface area contributed by atoms with Crippen LogP contribution in [0.3, 0.4) is 0 Å². The third kappa shape index (κ3) is 2.86. The van der Waals surface area contributed by atoms with Gasteiger partial charge in [0.25, 0.3) is 0 Å². The van der Waals surface area contributed by atoms with Gasteiger partial charge in [0, 0.05) is 35.9 Å². The third-order valence-corrected chi connectivity index (χ3v) is 7.05. The Morgan fingerprint density at radius 3 is 1.53 bits per heavy atom. The van der Waals surface area contributed by atoms with Gasteiger partial charge in [0.1, 0.15) is 0 Å². The smallest absolute Gasteiger partial charge is 0.0622 e. The Morgan fingerprint density at radius 1 is 0.382 bits per heavy atom. The van der Waals surface area contributed by atoms with Gasteiger partial charge in [0.15, 0.2) is 0 Å². The summed E-state index contributed by atoms with van der Waals surface area (Å²) in [6, 6.07) is 46.1. The average molecular weight is 431 g/mol. The van der Waals surface area contributed by atoms with Gasteiger partial charge in [0.05, 0.1) is 61.9 Å². The monoisotopic (exact) mass is 430 g/mol. The van der Waals surface area contributed by atoms with Crippen LogP contribution in [0.15, 0.2) is 133 Å². The standard InChI is InChI=1S/C34H22/c1-2-10-23(11-3-1)32-22-33(29-15-5-4-14-28(29)32)24-18-20-25(21-19-24)34-30-16-8-6-12-26(30)27-13-7-9-17-31(27)34/h1-22H/q+2. The molecule has 0 unspecified atom stereocenters. The zero-order valence-corrected chi connectivity index (χ0v) is 18.7. The maximum Gasteiger partial charge on any atom is 0.0789 e. The van der Waals surface area contributed by atoms with Crippen molar-refractivity contribution in [3.8, 4) is 11.1 Å². The van der Waals surface area contributed by atoms with Gasteiger partial charge in [-0.25, -0.2) is 0 Å². The summed E-state index contributed by atoms with van der Waals surface area (Å²) in [5.41, 5.74) is 13.0. The second-order valence-corrected chi connectivity index (χ2v) is 8.93. The molecule has 156 valence electrons. The minimum absolute atomic E-state index is 1.25. The molecule has 7 rings (SSSR count). The molecule has 0 saturated carbocycles. The van der Waals surface area contributed by atoms with Crippen LogP contribution in [0.5, 0.6) is 0 Å². The van der Waals surface area contributed by atoms with Gasteiger partial charge in [-0.2, -0.15) is 0 Å². The van der Waals surface area contributed by atoms with E-state index >= 15 is 0 Å². The molecule has 34 heavy (non-hydrogen) atoms. The van der Waals surface area contributed by atoms with Crippen LogP contribution < -0.4 is 0 Å². The fourth-order valence-electron chi connectivity index (χ4n) is 5.49. The molecule has 0 aromatic heterocycles. The minimum atomic E-state index is 1.25. The molecule has 0 aliphatic heterocycles. The Hall–Kier alpha value is -4.42. The van der Waals surface area contributed by atoms with E-state index in [-0.39, 0.29) is 0 Å². The summed E-state index contributed by atoms with van der Waals surface area (Å²) < 4.78 is 0. The van der Waals surface area contributed by atoms with Gasteiger partial charge in [-0.3, -0.25) is 0 Å². The zero-order chi connectivity index (χ0) is 22.5. The van der Waals surface area contributed by atoms with Crippen LogP contribution >= 0.6 is 0 Å². The van der Waals surface area contributed by atoms with Crippen molar-refractivity contribution >= 4 is 5.57 Å². The first-order valence-corrected chi connectivity index (χ1v) is 11.8. The number of rotatable bonds is 3. The van der Waals surface area contributed by atoms with Crippen molar-refractivity contribution in [2.75, 3.05) is 0 Å². The normalized spacial score (nSPS) is 13.4. The molecule has 0 atom stereocenters. The predicted molar refractivity (Wildman–Crippen MR) is 140 cm³/mol. The van der Waals surface area contributed by atoms with Crippen LogP contribution in [0.2, 0.25) is 0 Å². The number of hydrogen-bond acceptors (Lipinski definition) is 0. The van der Waals surface area contributed by atoms with Crippen LogP contribution in [0, 0.1) is 11.8 Å². The van der Waals surface area contributed by atoms with Crippen molar-refractivity contribution in [2.24, 2.45) is 0 Å². The first kappa shape index (κ1) is 19.1. The average Bonchev–Trinajstić information content (AvgIpc) is 3.46. The second-order valence-electron chi connectivity index (χ2n) is 8.93. The van der Waals surface area contributed by atoms with E-state index in [2.05, 4.69) is 133 Å². The van der Waals surface area contributed by atoms with E-state index in [1.54, 1.807) is 0 Å². The molecule has 0 N–H and O–H groups in total. The second kappa shape index (κ2) is 7.57. The van der Waals surface area contributed by atoms with Crippen LogP contribution in [0.25, 0.3) is 16.7 Å². The van der Waals surface area contributed by atoms with Gasteiger partial charge in [0.2, 0.25) is 0 Å². The van der Waals surface area contributed by atoms with Crippen molar-refractivity contribution in [3.63, 3.8) is 0 Å². The summed E-state index contributed by atoms with van der Waals surface area (Å²) in [5, 5.41) is 0. The summed E-state index contributed by atoms with van der Waals surface area (Å²) >= 11 is 0. The maximum absolute atomic E-state index is 2.35. The lowest BCUT2D eigenvalue weighted by Crippen LogP contribution is -2.02. The number of benzene rings is 5. The Balaban J connectivity index is 1.30. The quantitative estimate of drug-likeness (QED) is 0.249. The maximum atomic E-state index is 2.35. The molecule has 0 radical (unpaired) electrons. The molecular weight excluding hydrogens is 408 g/mol. The summed E-state index contributed by atoms with van der Waals surface area (Å²) in [6.07, 6.45) is 2.35. The minimum Gasteiger partial charge on any atom is -0.0622 e. The van der Waals surface area contributed by atoms with E-state index in [4.69, 9.17) is 0 Å². The first-order valence-electron chi connectivity index (χ1n) is 11.8. The summed E-state index contributed by atoms with van der Waals surface area (Å²) in [4.78, 5) is 0. The van der Waals surface area contributed by atoms with Crippen LogP contribution in [-0.2, 0) is 0 Å². The van der Waals surface area contributed by atoms with E-state index in [9.17, 15) is 0 Å². The lowest BCUT2D eigenvalue weighted by atomic mass is 9.87. The Labute approximate surface area is 200 Å².